The van der Waals surface area contributed by atoms with Crippen LogP contribution in [0.4, 0.5) is 0 Å². The maximum Gasteiger partial charge on any atom is 0.147 e. The molecule has 5 aromatic carbocycles. The zero-order valence-corrected chi connectivity index (χ0v) is 24.0. The number of benzene rings is 5. The highest BCUT2D eigenvalue weighted by atomic mass is 16.6. The first-order valence-electron chi connectivity index (χ1n) is 15.1. The van der Waals surface area contributed by atoms with Crippen molar-refractivity contribution in [1.29, 1.82) is 0 Å². The van der Waals surface area contributed by atoms with Crippen LogP contribution < -0.4 is 14.2 Å². The van der Waals surface area contributed by atoms with E-state index in [0.29, 0.717) is 19.8 Å². The minimum absolute atomic E-state index is 0.134. The van der Waals surface area contributed by atoms with E-state index < -0.39 is 0 Å². The Labute approximate surface area is 253 Å². The monoisotopic (exact) mass is 586 g/mol. The Morgan fingerprint density at radius 1 is 0.545 bits per heavy atom. The minimum Gasteiger partial charge on any atom is -0.491 e. The van der Waals surface area contributed by atoms with E-state index in [1.54, 1.807) is 0 Å². The summed E-state index contributed by atoms with van der Waals surface area (Å²) >= 11 is 0. The molecule has 3 saturated heterocycles. The van der Waals surface area contributed by atoms with Crippen LogP contribution in [0.5, 0.6) is 17.2 Å². The molecule has 3 unspecified atom stereocenters. The largest absolute Gasteiger partial charge is 0.491 e. The summed E-state index contributed by atoms with van der Waals surface area (Å²) in [6, 6.07) is 31.0. The van der Waals surface area contributed by atoms with Crippen LogP contribution in [-0.4, -0.2) is 58.0 Å². The molecule has 0 spiro atoms. The third kappa shape index (κ3) is 4.83. The van der Waals surface area contributed by atoms with Gasteiger partial charge in [0.15, 0.2) is 0 Å². The number of para-hydroxylation sites is 1. The molecule has 0 saturated carbocycles. The Morgan fingerprint density at radius 2 is 1.11 bits per heavy atom. The Balaban J connectivity index is 1.30. The predicted octanol–water partition coefficient (Wildman–Crippen LogP) is 7.41. The van der Waals surface area contributed by atoms with Crippen molar-refractivity contribution in [3.63, 3.8) is 0 Å². The van der Waals surface area contributed by atoms with Crippen molar-refractivity contribution in [2.75, 3.05) is 39.6 Å². The first-order valence-corrected chi connectivity index (χ1v) is 15.1. The summed E-state index contributed by atoms with van der Waals surface area (Å²) in [5.74, 6) is 3.08. The number of furan rings is 1. The van der Waals surface area contributed by atoms with Crippen molar-refractivity contribution in [3.8, 4) is 39.7 Å². The first kappa shape index (κ1) is 25.9. The van der Waals surface area contributed by atoms with Gasteiger partial charge < -0.3 is 32.8 Å². The van der Waals surface area contributed by atoms with Gasteiger partial charge in [-0.25, -0.2) is 0 Å². The van der Waals surface area contributed by atoms with Crippen LogP contribution in [0.3, 0.4) is 0 Å². The summed E-state index contributed by atoms with van der Waals surface area (Å²) in [4.78, 5) is 0. The lowest BCUT2D eigenvalue weighted by atomic mass is 9.92. The van der Waals surface area contributed by atoms with E-state index in [-0.39, 0.29) is 18.3 Å². The molecule has 3 aliphatic heterocycles. The lowest BCUT2D eigenvalue weighted by Gasteiger charge is -2.13. The highest BCUT2D eigenvalue weighted by molar-refractivity contribution is 6.29. The summed E-state index contributed by atoms with van der Waals surface area (Å²) < 4.78 is 41.9. The maximum absolute atomic E-state index is 7.03. The molecule has 9 rings (SSSR count). The molecule has 3 fully saturated rings. The van der Waals surface area contributed by atoms with Gasteiger partial charge in [-0.15, -0.1) is 0 Å². The summed E-state index contributed by atoms with van der Waals surface area (Å²) in [6.07, 6.45) is 0.463. The van der Waals surface area contributed by atoms with Crippen LogP contribution in [0.2, 0.25) is 0 Å². The molecule has 3 aliphatic rings. The summed E-state index contributed by atoms with van der Waals surface area (Å²) in [5, 5.41) is 5.30. The fourth-order valence-electron chi connectivity index (χ4n) is 5.92. The van der Waals surface area contributed by atoms with Crippen LogP contribution in [-0.2, 0) is 14.2 Å². The Bertz CT molecular complexity index is 2000. The van der Waals surface area contributed by atoms with Gasteiger partial charge in [-0.2, -0.15) is 0 Å². The fourth-order valence-corrected chi connectivity index (χ4v) is 5.92. The van der Waals surface area contributed by atoms with E-state index >= 15 is 0 Å². The normalized spacial score (nSPS) is 20.2. The minimum atomic E-state index is 0.134. The molecule has 1 aromatic heterocycles. The van der Waals surface area contributed by atoms with Crippen LogP contribution >= 0.6 is 0 Å². The predicted molar refractivity (Wildman–Crippen MR) is 168 cm³/mol. The van der Waals surface area contributed by atoms with E-state index in [2.05, 4.69) is 48.5 Å². The van der Waals surface area contributed by atoms with Crippen molar-refractivity contribution < 1.29 is 32.8 Å². The van der Waals surface area contributed by atoms with Gasteiger partial charge in [0.25, 0.3) is 0 Å². The molecule has 7 heteroatoms. The molecule has 6 aromatic rings. The van der Waals surface area contributed by atoms with E-state index in [0.717, 1.165) is 92.0 Å². The zero-order chi connectivity index (χ0) is 29.0. The zero-order valence-electron chi connectivity index (χ0n) is 24.0. The molecule has 0 radical (unpaired) electrons. The number of rotatable bonds is 11. The van der Waals surface area contributed by atoms with Crippen molar-refractivity contribution in [3.05, 3.63) is 91.0 Å². The molecular weight excluding hydrogens is 556 g/mol. The topological polar surface area (TPSA) is 78.4 Å². The molecule has 4 heterocycles. The number of hydrogen-bond donors (Lipinski definition) is 0. The third-order valence-electron chi connectivity index (χ3n) is 8.42. The quantitative estimate of drug-likeness (QED) is 0.116. The first-order chi connectivity index (χ1) is 21.8. The Morgan fingerprint density at radius 3 is 1.84 bits per heavy atom. The highest BCUT2D eigenvalue weighted by Gasteiger charge is 2.29. The highest BCUT2D eigenvalue weighted by Crippen LogP contribution is 2.50. The van der Waals surface area contributed by atoms with E-state index in [4.69, 9.17) is 32.8 Å². The maximum atomic E-state index is 7.03. The lowest BCUT2D eigenvalue weighted by Crippen LogP contribution is -2.04. The fraction of sp³-hybridized carbons (Fsp3) is 0.243. The van der Waals surface area contributed by atoms with Crippen LogP contribution in [0.25, 0.3) is 55.0 Å². The van der Waals surface area contributed by atoms with Crippen LogP contribution in [0.1, 0.15) is 0 Å². The second-order valence-corrected chi connectivity index (χ2v) is 11.6. The van der Waals surface area contributed by atoms with Crippen molar-refractivity contribution in [1.82, 2.24) is 0 Å². The Hall–Kier alpha value is -4.56. The Kier molecular flexibility index (Phi) is 6.21. The van der Waals surface area contributed by atoms with E-state index in [1.165, 1.54) is 0 Å². The number of fused-ring (bicyclic) bond motifs is 6. The van der Waals surface area contributed by atoms with E-state index in [1.807, 2.05) is 42.5 Å². The van der Waals surface area contributed by atoms with Gasteiger partial charge in [-0.1, -0.05) is 60.7 Å². The molecule has 0 aliphatic carbocycles. The average Bonchev–Trinajstić information content (AvgIpc) is 3.94. The number of ether oxygens (including phenoxy) is 6. The van der Waals surface area contributed by atoms with Gasteiger partial charge in [0, 0.05) is 10.9 Å². The molecule has 44 heavy (non-hydrogen) atoms. The third-order valence-corrected chi connectivity index (χ3v) is 8.42. The molecule has 0 N–H and O–H groups in total. The van der Waals surface area contributed by atoms with Gasteiger partial charge in [0.1, 0.15) is 66.7 Å². The van der Waals surface area contributed by atoms with Crippen LogP contribution in [0, 0.1) is 0 Å². The van der Waals surface area contributed by atoms with Gasteiger partial charge >= 0.3 is 0 Å². The average molecular weight is 587 g/mol. The van der Waals surface area contributed by atoms with Crippen molar-refractivity contribution >= 4 is 32.5 Å². The summed E-state index contributed by atoms with van der Waals surface area (Å²) in [5.41, 5.74) is 3.67. The SMILES string of the molecule is c1ccc(-c2oc3c4c(OCC5CO5)cccc4c4ccccc4c3c2-c2ccc(OCC3CO3)cc2)c(OCC2CO2)c1. The molecule has 0 bridgehead atoms. The number of epoxide rings is 3. The van der Waals surface area contributed by atoms with Crippen molar-refractivity contribution in [2.24, 2.45) is 0 Å². The summed E-state index contributed by atoms with van der Waals surface area (Å²) in [7, 11) is 0. The number of hydrogen-bond acceptors (Lipinski definition) is 7. The van der Waals surface area contributed by atoms with Gasteiger partial charge in [-0.05, 0) is 52.1 Å². The lowest BCUT2D eigenvalue weighted by molar-refractivity contribution is 0.263. The second kappa shape index (κ2) is 10.6. The van der Waals surface area contributed by atoms with Gasteiger partial charge in [0.2, 0.25) is 0 Å². The molecule has 3 atom stereocenters. The van der Waals surface area contributed by atoms with Gasteiger partial charge in [0.05, 0.1) is 30.8 Å². The molecular formula is C37H30O7. The van der Waals surface area contributed by atoms with Crippen molar-refractivity contribution in [2.45, 2.75) is 18.3 Å². The molecule has 220 valence electrons. The van der Waals surface area contributed by atoms with Gasteiger partial charge in [-0.3, -0.25) is 0 Å². The standard InChI is InChI=1S/C37H30O7/c1-2-7-29-27(6-1)28-9-5-11-32(43-21-26-19-41-26)34(28)37-35(29)33(22-12-14-23(15-13-22)38-16-24-17-39-24)36(44-37)30-8-3-4-10-31(30)42-20-25-18-40-25/h1-15,24-26H,16-21H2. The van der Waals surface area contributed by atoms with E-state index in [9.17, 15) is 0 Å². The van der Waals surface area contributed by atoms with Crippen LogP contribution in [0.15, 0.2) is 95.4 Å². The summed E-state index contributed by atoms with van der Waals surface area (Å²) in [6.45, 7) is 3.77. The second-order valence-electron chi connectivity index (χ2n) is 11.6. The molecule has 0 amide bonds. The molecule has 7 nitrogen and oxygen atoms in total. The smallest absolute Gasteiger partial charge is 0.147 e.